The van der Waals surface area contributed by atoms with Crippen molar-refractivity contribution >= 4 is 22.8 Å². The second-order valence-electron chi connectivity index (χ2n) is 10.1. The molecule has 2 fully saturated rings. The van der Waals surface area contributed by atoms with Crippen LogP contribution in [0.5, 0.6) is 0 Å². The van der Waals surface area contributed by atoms with Gasteiger partial charge in [-0.25, -0.2) is 19.0 Å². The Kier molecular flexibility index (Phi) is 6.32. The number of benzene rings is 1. The number of pyridine rings is 1. The fraction of sp³-hybridized carbons (Fsp3) is 0.407. The zero-order valence-corrected chi connectivity index (χ0v) is 21.4. The molecule has 6 rings (SSSR count). The van der Waals surface area contributed by atoms with E-state index in [0.29, 0.717) is 44.3 Å². The molecule has 0 unspecified atom stereocenters. The number of piperidine rings is 1. The predicted octanol–water partition coefficient (Wildman–Crippen LogP) is 2.75. The lowest BCUT2D eigenvalue weighted by Crippen LogP contribution is -2.49. The van der Waals surface area contributed by atoms with Gasteiger partial charge < -0.3 is 20.4 Å². The Hall–Kier alpha value is -3.83. The van der Waals surface area contributed by atoms with E-state index in [1.54, 1.807) is 4.68 Å². The Bertz CT molecular complexity index is 1470. The number of aryl methyl sites for hydroxylation is 1. The van der Waals surface area contributed by atoms with Gasteiger partial charge in [-0.1, -0.05) is 23.8 Å². The summed E-state index contributed by atoms with van der Waals surface area (Å²) in [7, 11) is 0. The quantitative estimate of drug-likeness (QED) is 0.403. The van der Waals surface area contributed by atoms with E-state index < -0.39 is 11.6 Å². The van der Waals surface area contributed by atoms with Crippen LogP contribution in [0.3, 0.4) is 0 Å². The number of carbonyl (C=O) groups excluding carboxylic acids is 1. The maximum Gasteiger partial charge on any atom is 0.255 e. The zero-order chi connectivity index (χ0) is 26.3. The molecule has 4 aromatic rings. The van der Waals surface area contributed by atoms with Crippen LogP contribution in [-0.2, 0) is 16.1 Å². The number of nitrogens with one attached hydrogen (secondary N) is 1. The average molecular weight is 519 g/mol. The first-order chi connectivity index (χ1) is 18.4. The fourth-order valence-corrected chi connectivity index (χ4v) is 5.19. The zero-order valence-electron chi connectivity index (χ0n) is 21.4. The van der Waals surface area contributed by atoms with Crippen LogP contribution in [0.4, 0.5) is 10.1 Å². The second-order valence-corrected chi connectivity index (χ2v) is 10.1. The van der Waals surface area contributed by atoms with Crippen LogP contribution in [0.15, 0.2) is 42.6 Å². The summed E-state index contributed by atoms with van der Waals surface area (Å²) in [5.74, 6) is 0.542. The third kappa shape index (κ3) is 4.74. The molecule has 5 heterocycles. The standard InChI is InChI=1S/C27H31FN8O2/c1-18-3-2-4-19(15-18)20-5-8-36(33-20)23-16-21(35-11-13-38-14-12-35)24-25(32-23)31-22(30-24)17-34-9-6-27(28,7-10-34)26(29)37/h2-5,8,15-16H,6-7,9-14,17H2,1H3,(H2,29,37)(H,30,31,32). The molecule has 0 atom stereocenters. The number of halogens is 1. The number of imidazole rings is 1. The summed E-state index contributed by atoms with van der Waals surface area (Å²) in [6, 6.07) is 12.3. The summed E-state index contributed by atoms with van der Waals surface area (Å²) in [6.45, 7) is 6.26. The highest BCUT2D eigenvalue weighted by atomic mass is 19.1. The van der Waals surface area contributed by atoms with Gasteiger partial charge in [-0.3, -0.25) is 9.69 Å². The molecule has 0 radical (unpaired) electrons. The number of likely N-dealkylation sites (tertiary alicyclic amines) is 1. The molecule has 38 heavy (non-hydrogen) atoms. The van der Waals surface area contributed by atoms with Gasteiger partial charge in [-0.2, -0.15) is 5.10 Å². The van der Waals surface area contributed by atoms with Gasteiger partial charge in [0, 0.05) is 56.8 Å². The minimum atomic E-state index is -1.93. The number of ether oxygens (including phenoxy) is 1. The van der Waals surface area contributed by atoms with Crippen molar-refractivity contribution < 1.29 is 13.9 Å². The number of hydrogen-bond acceptors (Lipinski definition) is 7. The molecular formula is C27H31FN8O2. The topological polar surface area (TPSA) is 118 Å². The molecule has 10 nitrogen and oxygen atoms in total. The van der Waals surface area contributed by atoms with Crippen molar-refractivity contribution in [1.82, 2.24) is 29.6 Å². The number of morpholine rings is 1. The van der Waals surface area contributed by atoms with Crippen molar-refractivity contribution in [3.05, 3.63) is 54.0 Å². The van der Waals surface area contributed by atoms with Gasteiger partial charge in [0.1, 0.15) is 11.3 Å². The van der Waals surface area contributed by atoms with Crippen molar-refractivity contribution in [2.45, 2.75) is 32.0 Å². The number of H-pyrrole nitrogens is 1. The summed E-state index contributed by atoms with van der Waals surface area (Å²) >= 11 is 0. The lowest BCUT2D eigenvalue weighted by atomic mass is 9.93. The van der Waals surface area contributed by atoms with Gasteiger partial charge in [0.05, 0.1) is 31.1 Å². The van der Waals surface area contributed by atoms with Gasteiger partial charge in [0.25, 0.3) is 5.91 Å². The molecule has 0 aliphatic carbocycles. The number of rotatable bonds is 6. The van der Waals surface area contributed by atoms with E-state index >= 15 is 0 Å². The van der Waals surface area contributed by atoms with Crippen molar-refractivity contribution in [1.29, 1.82) is 0 Å². The summed E-state index contributed by atoms with van der Waals surface area (Å²) < 4.78 is 22.0. The number of hydrogen-bond donors (Lipinski definition) is 2. The molecular weight excluding hydrogens is 487 g/mol. The van der Waals surface area contributed by atoms with Crippen LogP contribution in [-0.4, -0.2) is 80.6 Å². The monoisotopic (exact) mass is 518 g/mol. The van der Waals surface area contributed by atoms with Crippen LogP contribution in [0, 0.1) is 6.92 Å². The maximum atomic E-state index is 14.6. The van der Waals surface area contributed by atoms with Crippen molar-refractivity contribution in [2.75, 3.05) is 44.3 Å². The first-order valence-electron chi connectivity index (χ1n) is 12.9. The molecule has 11 heteroatoms. The number of amides is 1. The van der Waals surface area contributed by atoms with Gasteiger partial charge in [-0.05, 0) is 19.1 Å². The van der Waals surface area contributed by atoms with Crippen LogP contribution in [0.25, 0.3) is 28.2 Å². The molecule has 2 aliphatic rings. The summed E-state index contributed by atoms with van der Waals surface area (Å²) in [4.78, 5) is 28.9. The summed E-state index contributed by atoms with van der Waals surface area (Å²) in [5, 5.41) is 4.80. The van der Waals surface area contributed by atoms with Crippen molar-refractivity contribution in [3.63, 3.8) is 0 Å². The van der Waals surface area contributed by atoms with Crippen molar-refractivity contribution in [2.24, 2.45) is 5.73 Å². The Balaban J connectivity index is 1.32. The van der Waals surface area contributed by atoms with Crippen LogP contribution < -0.4 is 10.6 Å². The van der Waals surface area contributed by atoms with Gasteiger partial charge >= 0.3 is 0 Å². The molecule has 0 saturated carbocycles. The molecule has 198 valence electrons. The normalized spacial score (nSPS) is 18.2. The highest BCUT2D eigenvalue weighted by molar-refractivity contribution is 5.87. The van der Waals surface area contributed by atoms with E-state index in [9.17, 15) is 9.18 Å². The summed E-state index contributed by atoms with van der Waals surface area (Å²) in [6.07, 6.45) is 2.09. The minimum absolute atomic E-state index is 0.0898. The Labute approximate surface area is 219 Å². The second kappa shape index (κ2) is 9.80. The van der Waals surface area contributed by atoms with Crippen molar-refractivity contribution in [3.8, 4) is 17.1 Å². The Morgan fingerprint density at radius 3 is 2.66 bits per heavy atom. The Morgan fingerprint density at radius 2 is 1.92 bits per heavy atom. The number of aromatic amines is 1. The number of nitrogens with two attached hydrogens (primary N) is 1. The van der Waals surface area contributed by atoms with E-state index in [4.69, 9.17) is 25.5 Å². The van der Waals surface area contributed by atoms with Crippen LogP contribution in [0.2, 0.25) is 0 Å². The predicted molar refractivity (Wildman–Crippen MR) is 142 cm³/mol. The van der Waals surface area contributed by atoms with E-state index in [1.807, 2.05) is 30.5 Å². The molecule has 3 N–H and O–H groups in total. The van der Waals surface area contributed by atoms with Crippen LogP contribution >= 0.6 is 0 Å². The third-order valence-corrected chi connectivity index (χ3v) is 7.43. The lowest BCUT2D eigenvalue weighted by molar-refractivity contribution is -0.132. The SMILES string of the molecule is Cc1cccc(-c2ccn(-c3cc(N4CCOCC4)c4[nH]c(CN5CCC(F)(C(N)=O)CC5)nc4n3)n2)c1. The smallest absolute Gasteiger partial charge is 0.255 e. The number of anilines is 1. The van der Waals surface area contributed by atoms with E-state index in [-0.39, 0.29) is 12.8 Å². The lowest BCUT2D eigenvalue weighted by Gasteiger charge is -2.33. The first-order valence-corrected chi connectivity index (χ1v) is 12.9. The fourth-order valence-electron chi connectivity index (χ4n) is 5.19. The van der Waals surface area contributed by atoms with Crippen LogP contribution in [0.1, 0.15) is 24.2 Å². The van der Waals surface area contributed by atoms with E-state index in [0.717, 1.165) is 41.4 Å². The number of alkyl halides is 1. The van der Waals surface area contributed by atoms with E-state index in [1.165, 1.54) is 5.56 Å². The molecule has 2 aliphatic heterocycles. The summed E-state index contributed by atoms with van der Waals surface area (Å²) in [5.41, 5.74) is 8.88. The highest BCUT2D eigenvalue weighted by Crippen LogP contribution is 2.30. The maximum absolute atomic E-state index is 14.6. The van der Waals surface area contributed by atoms with Gasteiger partial charge in [0.2, 0.25) is 0 Å². The highest BCUT2D eigenvalue weighted by Gasteiger charge is 2.40. The molecule has 1 aromatic carbocycles. The largest absolute Gasteiger partial charge is 0.378 e. The molecule has 0 spiro atoms. The van der Waals surface area contributed by atoms with Gasteiger partial charge in [-0.15, -0.1) is 0 Å². The minimum Gasteiger partial charge on any atom is -0.378 e. The number of nitrogens with zero attached hydrogens (tertiary/aromatic N) is 6. The molecule has 0 bridgehead atoms. The van der Waals surface area contributed by atoms with E-state index in [2.05, 4.69) is 33.8 Å². The Morgan fingerprint density at radius 1 is 1.13 bits per heavy atom. The first kappa shape index (κ1) is 24.5. The molecule has 2 saturated heterocycles. The van der Waals surface area contributed by atoms with Gasteiger partial charge in [0.15, 0.2) is 17.1 Å². The average Bonchev–Trinajstić information content (AvgIpc) is 3.57. The third-order valence-electron chi connectivity index (χ3n) is 7.43. The number of fused-ring (bicyclic) bond motifs is 1. The number of primary amides is 1. The number of aromatic nitrogens is 5. The molecule has 1 amide bonds. The number of carbonyl (C=O) groups is 1. The molecule has 3 aromatic heterocycles.